The number of nitrogens with one attached hydrogen (secondary N) is 2. The van der Waals surface area contributed by atoms with Crippen molar-refractivity contribution >= 4 is 27.3 Å². The van der Waals surface area contributed by atoms with Gasteiger partial charge in [-0.2, -0.15) is 5.10 Å². The molecule has 2 N–H and O–H groups in total. The van der Waals surface area contributed by atoms with Gasteiger partial charge in [-0.15, -0.1) is 0 Å². The van der Waals surface area contributed by atoms with Crippen LogP contribution in [0.5, 0.6) is 5.75 Å². The molecule has 156 valence electrons. The number of benzene rings is 2. The Morgan fingerprint density at radius 3 is 2.53 bits per heavy atom. The van der Waals surface area contributed by atoms with Crippen molar-refractivity contribution in [1.29, 1.82) is 0 Å². The monoisotopic (exact) mass is 425 g/mol. The first kappa shape index (κ1) is 20.2. The minimum Gasteiger partial charge on any atom is -0.494 e. The van der Waals surface area contributed by atoms with Gasteiger partial charge in [0.15, 0.2) is 0 Å². The molecule has 2 atom stereocenters. The number of carbonyl (C=O) groups excluding carboxylic acids is 1. The summed E-state index contributed by atoms with van der Waals surface area (Å²) < 4.78 is 32.9. The molecule has 2 aromatic carbocycles. The Labute approximate surface area is 175 Å². The van der Waals surface area contributed by atoms with Crippen LogP contribution in [-0.2, 0) is 10.0 Å². The summed E-state index contributed by atoms with van der Waals surface area (Å²) in [6, 6.07) is 12.4. The van der Waals surface area contributed by atoms with Gasteiger partial charge in [0, 0.05) is 22.9 Å². The number of nitrogens with zero attached hydrogens (tertiary/aromatic N) is 1. The summed E-state index contributed by atoms with van der Waals surface area (Å²) in [4.78, 5) is 12.4. The highest BCUT2D eigenvalue weighted by Gasteiger charge is 2.38. The van der Waals surface area contributed by atoms with Crippen LogP contribution in [0.25, 0.3) is 0 Å². The maximum Gasteiger partial charge on any atom is 0.271 e. The molecule has 2 aliphatic rings. The van der Waals surface area contributed by atoms with Crippen LogP contribution < -0.4 is 14.9 Å². The molecule has 0 aromatic heterocycles. The van der Waals surface area contributed by atoms with Crippen LogP contribution in [0.3, 0.4) is 0 Å². The third kappa shape index (κ3) is 4.23. The van der Waals surface area contributed by atoms with Crippen molar-refractivity contribution in [2.45, 2.75) is 24.7 Å². The van der Waals surface area contributed by atoms with E-state index in [2.05, 4.69) is 27.4 Å². The fraction of sp³-hybridized carbons (Fsp3) is 0.273. The molecule has 4 rings (SSSR count). The van der Waals surface area contributed by atoms with Crippen LogP contribution >= 0.6 is 0 Å². The van der Waals surface area contributed by atoms with Gasteiger partial charge in [-0.05, 0) is 74.2 Å². The molecule has 2 aromatic rings. The molecular formula is C22H23N3O4S. The molecule has 1 fully saturated rings. The largest absolute Gasteiger partial charge is 0.494 e. The molecule has 0 heterocycles. The van der Waals surface area contributed by atoms with Crippen molar-refractivity contribution in [1.82, 2.24) is 5.43 Å². The van der Waals surface area contributed by atoms with Crippen molar-refractivity contribution in [3.05, 3.63) is 66.2 Å². The second-order valence-electron chi connectivity index (χ2n) is 7.27. The summed E-state index contributed by atoms with van der Waals surface area (Å²) in [6.07, 6.45) is 6.25. The van der Waals surface area contributed by atoms with E-state index in [1.54, 1.807) is 36.4 Å². The fourth-order valence-electron chi connectivity index (χ4n) is 3.64. The standard InChI is InChI=1S/C22H23N3O4S/c1-2-29-18-10-12-19(13-11-18)30(27,28)25-17-8-6-15(7-9-17)22(26)24-23-21-14-16-4-3-5-20(16)21/h3-4,6-13,16,20,25H,2,5,14H2,1H3,(H,24,26)/b23-21+. The topological polar surface area (TPSA) is 96.9 Å². The van der Waals surface area contributed by atoms with E-state index in [0.29, 0.717) is 35.4 Å². The van der Waals surface area contributed by atoms with E-state index in [4.69, 9.17) is 4.74 Å². The van der Waals surface area contributed by atoms with E-state index in [1.165, 1.54) is 12.1 Å². The molecule has 7 nitrogen and oxygen atoms in total. The summed E-state index contributed by atoms with van der Waals surface area (Å²) >= 11 is 0. The number of sulfonamides is 1. The summed E-state index contributed by atoms with van der Waals surface area (Å²) in [5.74, 6) is 1.29. The van der Waals surface area contributed by atoms with Crippen molar-refractivity contribution in [3.63, 3.8) is 0 Å². The van der Waals surface area contributed by atoms with Crippen LogP contribution in [-0.4, -0.2) is 26.6 Å². The fourth-order valence-corrected chi connectivity index (χ4v) is 4.69. The molecule has 8 heteroatoms. The van der Waals surface area contributed by atoms with Crippen molar-refractivity contribution in [2.75, 3.05) is 11.3 Å². The normalized spacial score (nSPS) is 21.0. The smallest absolute Gasteiger partial charge is 0.271 e. The number of hydrogen-bond donors (Lipinski definition) is 2. The van der Waals surface area contributed by atoms with E-state index < -0.39 is 10.0 Å². The summed E-state index contributed by atoms with van der Waals surface area (Å²) in [7, 11) is -3.74. The molecule has 1 saturated carbocycles. The molecule has 0 radical (unpaired) electrons. The second kappa shape index (κ2) is 8.31. The summed E-state index contributed by atoms with van der Waals surface area (Å²) in [6.45, 7) is 2.37. The van der Waals surface area contributed by atoms with Crippen LogP contribution in [0.4, 0.5) is 5.69 Å². The third-order valence-electron chi connectivity index (χ3n) is 5.31. The first-order valence-corrected chi connectivity index (χ1v) is 11.3. The lowest BCUT2D eigenvalue weighted by atomic mass is 9.74. The highest BCUT2D eigenvalue weighted by molar-refractivity contribution is 7.92. The summed E-state index contributed by atoms with van der Waals surface area (Å²) in [5, 5.41) is 4.25. The Kier molecular flexibility index (Phi) is 5.59. The van der Waals surface area contributed by atoms with Crippen molar-refractivity contribution < 1.29 is 17.9 Å². The molecule has 2 unspecified atom stereocenters. The third-order valence-corrected chi connectivity index (χ3v) is 6.71. The number of fused-ring (bicyclic) bond motifs is 1. The number of rotatable bonds is 7. The van der Waals surface area contributed by atoms with Crippen molar-refractivity contribution in [3.8, 4) is 5.75 Å². The van der Waals surface area contributed by atoms with Crippen LogP contribution in [0.2, 0.25) is 0 Å². The number of hydrazone groups is 1. The lowest BCUT2D eigenvalue weighted by Crippen LogP contribution is -2.35. The first-order valence-electron chi connectivity index (χ1n) is 9.85. The number of allylic oxidation sites excluding steroid dienone is 2. The zero-order chi connectivity index (χ0) is 21.1. The maximum atomic E-state index is 12.5. The van der Waals surface area contributed by atoms with Gasteiger partial charge in [-0.1, -0.05) is 12.2 Å². The Bertz CT molecular complexity index is 1090. The SMILES string of the molecule is CCOc1ccc(S(=O)(=O)Nc2ccc(C(=O)N/N=C3\CC4C=CCC34)cc2)cc1. The van der Waals surface area contributed by atoms with E-state index in [9.17, 15) is 13.2 Å². The Hall–Kier alpha value is -3.13. The van der Waals surface area contributed by atoms with Crippen LogP contribution in [0, 0.1) is 11.8 Å². The van der Waals surface area contributed by atoms with Gasteiger partial charge in [-0.3, -0.25) is 9.52 Å². The zero-order valence-corrected chi connectivity index (χ0v) is 17.4. The number of anilines is 1. The number of carbonyl (C=O) groups is 1. The van der Waals surface area contributed by atoms with Crippen molar-refractivity contribution in [2.24, 2.45) is 16.9 Å². The van der Waals surface area contributed by atoms with Gasteiger partial charge in [-0.25, -0.2) is 13.8 Å². The lowest BCUT2D eigenvalue weighted by Gasteiger charge is -2.31. The average molecular weight is 426 g/mol. The molecule has 1 amide bonds. The second-order valence-corrected chi connectivity index (χ2v) is 8.95. The highest BCUT2D eigenvalue weighted by atomic mass is 32.2. The van der Waals surface area contributed by atoms with Gasteiger partial charge < -0.3 is 4.74 Å². The molecule has 0 spiro atoms. The minimum atomic E-state index is -3.74. The predicted molar refractivity (Wildman–Crippen MR) is 115 cm³/mol. The Morgan fingerprint density at radius 2 is 1.87 bits per heavy atom. The summed E-state index contributed by atoms with van der Waals surface area (Å²) in [5.41, 5.74) is 4.39. The maximum absolute atomic E-state index is 12.5. The molecule has 0 aliphatic heterocycles. The Balaban J connectivity index is 1.37. The molecule has 0 saturated heterocycles. The van der Waals surface area contributed by atoms with Gasteiger partial charge in [0.2, 0.25) is 0 Å². The highest BCUT2D eigenvalue weighted by Crippen LogP contribution is 2.40. The number of amides is 1. The number of ether oxygens (including phenoxy) is 1. The molecular weight excluding hydrogens is 402 g/mol. The molecule has 0 bridgehead atoms. The van der Waals surface area contributed by atoms with E-state index in [1.807, 2.05) is 6.92 Å². The van der Waals surface area contributed by atoms with Gasteiger partial charge in [0.25, 0.3) is 15.9 Å². The van der Waals surface area contributed by atoms with Gasteiger partial charge >= 0.3 is 0 Å². The van der Waals surface area contributed by atoms with E-state index in [-0.39, 0.29) is 10.8 Å². The molecule has 2 aliphatic carbocycles. The van der Waals surface area contributed by atoms with Crippen LogP contribution in [0.1, 0.15) is 30.1 Å². The van der Waals surface area contributed by atoms with E-state index in [0.717, 1.165) is 18.6 Å². The van der Waals surface area contributed by atoms with Gasteiger partial charge in [0.05, 0.1) is 11.5 Å². The average Bonchev–Trinajstić information content (AvgIpc) is 3.10. The lowest BCUT2D eigenvalue weighted by molar-refractivity contribution is 0.0954. The number of hydrogen-bond acceptors (Lipinski definition) is 5. The van der Waals surface area contributed by atoms with Crippen LogP contribution in [0.15, 0.2) is 70.7 Å². The van der Waals surface area contributed by atoms with Gasteiger partial charge in [0.1, 0.15) is 5.75 Å². The minimum absolute atomic E-state index is 0.129. The Morgan fingerprint density at radius 1 is 1.13 bits per heavy atom. The zero-order valence-electron chi connectivity index (χ0n) is 16.5. The quantitative estimate of drug-likeness (QED) is 0.524. The molecule has 30 heavy (non-hydrogen) atoms. The van der Waals surface area contributed by atoms with E-state index >= 15 is 0 Å². The first-order chi connectivity index (χ1) is 14.5. The predicted octanol–water partition coefficient (Wildman–Crippen LogP) is 3.57.